The lowest BCUT2D eigenvalue weighted by Crippen LogP contribution is -2.46. The lowest BCUT2D eigenvalue weighted by atomic mass is 10.2. The summed E-state index contributed by atoms with van der Waals surface area (Å²) < 4.78 is 31.7. The summed E-state index contributed by atoms with van der Waals surface area (Å²) in [4.78, 5) is 35.8. The molecule has 2 N–H and O–H groups in total. The van der Waals surface area contributed by atoms with Gasteiger partial charge in [0.2, 0.25) is 10.0 Å². The fourth-order valence-corrected chi connectivity index (χ4v) is 4.22. The number of carbonyl (C=O) groups is 3. The number of hydrogen-bond acceptors (Lipinski definition) is 6. The van der Waals surface area contributed by atoms with E-state index in [1.54, 1.807) is 13.8 Å². The van der Waals surface area contributed by atoms with E-state index in [1.165, 1.54) is 35.5 Å². The molecule has 0 bridgehead atoms. The molecule has 0 aliphatic carbocycles. The van der Waals surface area contributed by atoms with Crippen LogP contribution in [0.4, 0.5) is 4.79 Å². The first kappa shape index (κ1) is 21.8. The van der Waals surface area contributed by atoms with Crippen molar-refractivity contribution in [1.82, 2.24) is 14.9 Å². The van der Waals surface area contributed by atoms with Crippen molar-refractivity contribution in [3.05, 3.63) is 29.8 Å². The highest BCUT2D eigenvalue weighted by Crippen LogP contribution is 2.22. The van der Waals surface area contributed by atoms with Crippen molar-refractivity contribution in [2.45, 2.75) is 50.7 Å². The number of benzene rings is 1. The summed E-state index contributed by atoms with van der Waals surface area (Å²) in [6.45, 7) is 5.69. The predicted octanol–water partition coefficient (Wildman–Crippen LogP) is 1.25. The van der Waals surface area contributed by atoms with Crippen molar-refractivity contribution < 1.29 is 27.5 Å². The van der Waals surface area contributed by atoms with Crippen LogP contribution in [0.3, 0.4) is 0 Å². The van der Waals surface area contributed by atoms with Gasteiger partial charge >= 0.3 is 12.0 Å². The van der Waals surface area contributed by atoms with Crippen LogP contribution in [0.2, 0.25) is 0 Å². The molecule has 1 aliphatic heterocycles. The van der Waals surface area contributed by atoms with E-state index >= 15 is 0 Å². The molecule has 0 radical (unpaired) electrons. The van der Waals surface area contributed by atoms with E-state index in [0.717, 1.165) is 12.8 Å². The molecular formula is C18H25N3O6S. The number of nitrogens with one attached hydrogen (secondary N) is 2. The molecule has 9 nitrogen and oxygen atoms in total. The van der Waals surface area contributed by atoms with E-state index in [1.807, 2.05) is 0 Å². The van der Waals surface area contributed by atoms with Gasteiger partial charge in [-0.05, 0) is 51.8 Å². The fourth-order valence-electron chi connectivity index (χ4n) is 2.65. The Bertz CT molecular complexity index is 847. The van der Waals surface area contributed by atoms with Crippen LogP contribution in [-0.4, -0.2) is 55.9 Å². The number of nitrogens with zero attached hydrogens (tertiary/aromatic N) is 1. The standard InChI is InChI=1S/C18H25N3O6S/c1-12(2)19-18(24)20-16(22)13(3)27-17(23)14-7-6-8-15(11-14)28(25,26)21-9-4-5-10-21/h6-8,11-13H,4-5,9-10H2,1-3H3,(H2,19,20,22,24). The van der Waals surface area contributed by atoms with E-state index in [9.17, 15) is 22.8 Å². The van der Waals surface area contributed by atoms with E-state index in [0.29, 0.717) is 13.1 Å². The first-order valence-electron chi connectivity index (χ1n) is 9.04. The van der Waals surface area contributed by atoms with Gasteiger partial charge in [0.05, 0.1) is 10.5 Å². The molecule has 0 spiro atoms. The van der Waals surface area contributed by atoms with Crippen LogP contribution in [0.1, 0.15) is 44.0 Å². The van der Waals surface area contributed by atoms with Crippen molar-refractivity contribution in [2.75, 3.05) is 13.1 Å². The summed E-state index contributed by atoms with van der Waals surface area (Å²) in [5.41, 5.74) is 0.00607. The van der Waals surface area contributed by atoms with Gasteiger partial charge in [-0.2, -0.15) is 4.31 Å². The van der Waals surface area contributed by atoms with Crippen molar-refractivity contribution in [3.63, 3.8) is 0 Å². The average molecular weight is 411 g/mol. The molecular weight excluding hydrogens is 386 g/mol. The van der Waals surface area contributed by atoms with Crippen molar-refractivity contribution >= 4 is 27.9 Å². The monoisotopic (exact) mass is 411 g/mol. The highest BCUT2D eigenvalue weighted by Gasteiger charge is 2.28. The van der Waals surface area contributed by atoms with Crippen LogP contribution < -0.4 is 10.6 Å². The number of esters is 1. The minimum atomic E-state index is -3.67. The number of rotatable bonds is 6. The Morgan fingerprint density at radius 3 is 2.36 bits per heavy atom. The first-order chi connectivity index (χ1) is 13.1. The summed E-state index contributed by atoms with van der Waals surface area (Å²) >= 11 is 0. The van der Waals surface area contributed by atoms with Gasteiger partial charge in [0, 0.05) is 19.1 Å². The largest absolute Gasteiger partial charge is 0.449 e. The van der Waals surface area contributed by atoms with E-state index in [-0.39, 0.29) is 16.5 Å². The molecule has 28 heavy (non-hydrogen) atoms. The average Bonchev–Trinajstić information content (AvgIpc) is 3.16. The summed E-state index contributed by atoms with van der Waals surface area (Å²) in [6.07, 6.45) is 0.375. The third-order valence-electron chi connectivity index (χ3n) is 4.08. The van der Waals surface area contributed by atoms with Crippen LogP contribution in [0.5, 0.6) is 0 Å². The second-order valence-corrected chi connectivity index (χ2v) is 8.74. The van der Waals surface area contributed by atoms with Gasteiger partial charge < -0.3 is 10.1 Å². The molecule has 1 heterocycles. The maximum absolute atomic E-state index is 12.6. The summed E-state index contributed by atoms with van der Waals surface area (Å²) in [6, 6.07) is 4.64. The number of imide groups is 1. The Morgan fingerprint density at radius 1 is 1.11 bits per heavy atom. The Hall–Kier alpha value is -2.46. The van der Waals surface area contributed by atoms with Crippen LogP contribution in [0, 0.1) is 0 Å². The van der Waals surface area contributed by atoms with Gasteiger partial charge in [0.25, 0.3) is 5.91 Å². The Labute approximate surface area is 164 Å². The molecule has 1 saturated heterocycles. The van der Waals surface area contributed by atoms with E-state index in [4.69, 9.17) is 4.74 Å². The SMILES string of the molecule is CC(C)NC(=O)NC(=O)C(C)OC(=O)c1cccc(S(=O)(=O)N2CCCC2)c1. The molecule has 0 aromatic heterocycles. The molecule has 1 aromatic carbocycles. The zero-order valence-corrected chi connectivity index (χ0v) is 16.9. The number of carbonyl (C=O) groups excluding carboxylic acids is 3. The van der Waals surface area contributed by atoms with Gasteiger partial charge in [-0.15, -0.1) is 0 Å². The quantitative estimate of drug-likeness (QED) is 0.680. The van der Waals surface area contributed by atoms with Crippen molar-refractivity contribution in [3.8, 4) is 0 Å². The molecule has 1 fully saturated rings. The Morgan fingerprint density at radius 2 is 1.75 bits per heavy atom. The number of hydrogen-bond donors (Lipinski definition) is 2. The van der Waals surface area contributed by atoms with Crippen molar-refractivity contribution in [1.29, 1.82) is 0 Å². The molecule has 1 aliphatic rings. The Balaban J connectivity index is 2.04. The van der Waals surface area contributed by atoms with E-state index < -0.39 is 34.0 Å². The smallest absolute Gasteiger partial charge is 0.338 e. The molecule has 1 unspecified atom stereocenters. The number of amides is 3. The predicted molar refractivity (Wildman–Crippen MR) is 101 cm³/mol. The van der Waals surface area contributed by atoms with Gasteiger partial charge in [0.15, 0.2) is 6.10 Å². The molecule has 0 saturated carbocycles. The van der Waals surface area contributed by atoms with Crippen LogP contribution >= 0.6 is 0 Å². The zero-order chi connectivity index (χ0) is 20.9. The van der Waals surface area contributed by atoms with Crippen molar-refractivity contribution in [2.24, 2.45) is 0 Å². The zero-order valence-electron chi connectivity index (χ0n) is 16.1. The number of urea groups is 1. The lowest BCUT2D eigenvalue weighted by molar-refractivity contribution is -0.127. The molecule has 3 amide bonds. The maximum Gasteiger partial charge on any atom is 0.338 e. The second kappa shape index (κ2) is 9.16. The second-order valence-electron chi connectivity index (χ2n) is 6.80. The first-order valence-corrected chi connectivity index (χ1v) is 10.5. The summed E-state index contributed by atoms with van der Waals surface area (Å²) in [5.74, 6) is -1.64. The fraction of sp³-hybridized carbons (Fsp3) is 0.500. The lowest BCUT2D eigenvalue weighted by Gasteiger charge is -2.17. The maximum atomic E-state index is 12.6. The van der Waals surface area contributed by atoms with E-state index in [2.05, 4.69) is 10.6 Å². The van der Waals surface area contributed by atoms with Gasteiger partial charge in [-0.1, -0.05) is 6.07 Å². The van der Waals surface area contributed by atoms with Gasteiger partial charge in [-0.3, -0.25) is 10.1 Å². The van der Waals surface area contributed by atoms with Crippen LogP contribution in [0.25, 0.3) is 0 Å². The van der Waals surface area contributed by atoms with Crippen LogP contribution in [-0.2, 0) is 19.6 Å². The summed E-state index contributed by atoms with van der Waals surface area (Å²) in [7, 11) is -3.67. The molecule has 154 valence electrons. The van der Waals surface area contributed by atoms with Gasteiger partial charge in [-0.25, -0.2) is 18.0 Å². The molecule has 2 rings (SSSR count). The number of ether oxygens (including phenoxy) is 1. The van der Waals surface area contributed by atoms with Crippen LogP contribution in [0.15, 0.2) is 29.2 Å². The minimum absolute atomic E-state index is 0.00253. The number of sulfonamides is 1. The highest BCUT2D eigenvalue weighted by atomic mass is 32.2. The third-order valence-corrected chi connectivity index (χ3v) is 5.98. The molecule has 10 heteroatoms. The highest BCUT2D eigenvalue weighted by molar-refractivity contribution is 7.89. The minimum Gasteiger partial charge on any atom is -0.449 e. The molecule has 1 atom stereocenters. The Kier molecular flexibility index (Phi) is 7.14. The topological polar surface area (TPSA) is 122 Å². The normalized spacial score (nSPS) is 15.9. The summed E-state index contributed by atoms with van der Waals surface area (Å²) in [5, 5.41) is 4.55. The van der Waals surface area contributed by atoms with Gasteiger partial charge in [0.1, 0.15) is 0 Å². The molecule has 1 aromatic rings. The third kappa shape index (κ3) is 5.52.